The third-order valence-electron chi connectivity index (χ3n) is 4.44. The average molecular weight is 358 g/mol. The molecule has 1 aromatic heterocycles. The molecule has 2 heterocycles. The van der Waals surface area contributed by atoms with Crippen LogP contribution in [0.5, 0.6) is 0 Å². The molecule has 26 heavy (non-hydrogen) atoms. The van der Waals surface area contributed by atoms with Gasteiger partial charge in [-0.25, -0.2) is 4.79 Å². The molecular weight excluding hydrogens is 332 g/mol. The Labute approximate surface area is 153 Å². The molecule has 1 aromatic carbocycles. The second kappa shape index (κ2) is 9.33. The lowest BCUT2D eigenvalue weighted by Gasteiger charge is -2.33. The van der Waals surface area contributed by atoms with E-state index >= 15 is 0 Å². The summed E-state index contributed by atoms with van der Waals surface area (Å²) in [5, 5.41) is 6.91. The molecule has 1 aliphatic heterocycles. The van der Waals surface area contributed by atoms with Crippen LogP contribution in [0.2, 0.25) is 0 Å². The Hall–Kier alpha value is -2.41. The number of carbonyl (C=O) groups is 1. The van der Waals surface area contributed by atoms with Crippen LogP contribution < -0.4 is 5.32 Å². The van der Waals surface area contributed by atoms with Gasteiger partial charge < -0.3 is 19.5 Å². The normalized spacial score (nSPS) is 17.3. The molecular formula is C19H26N4O3. The number of nitrogens with one attached hydrogen (secondary N) is 1. The van der Waals surface area contributed by atoms with Crippen molar-refractivity contribution in [1.82, 2.24) is 20.4 Å². The maximum Gasteiger partial charge on any atom is 0.318 e. The molecule has 0 radical (unpaired) electrons. The zero-order valence-corrected chi connectivity index (χ0v) is 15.2. The first-order chi connectivity index (χ1) is 12.8. The molecule has 0 saturated carbocycles. The molecule has 1 fully saturated rings. The third kappa shape index (κ3) is 4.82. The highest BCUT2D eigenvalue weighted by Crippen LogP contribution is 2.29. The van der Waals surface area contributed by atoms with Crippen LogP contribution in [0.1, 0.15) is 49.5 Å². The third-order valence-corrected chi connectivity index (χ3v) is 4.44. The summed E-state index contributed by atoms with van der Waals surface area (Å²) in [6, 6.07) is 9.84. The molecule has 2 amide bonds. The number of likely N-dealkylation sites (tertiary alicyclic amines) is 1. The summed E-state index contributed by atoms with van der Waals surface area (Å²) in [7, 11) is 0. The zero-order chi connectivity index (χ0) is 18.2. The number of amides is 2. The average Bonchev–Trinajstić information content (AvgIpc) is 3.15. The predicted molar refractivity (Wildman–Crippen MR) is 96.5 cm³/mol. The second-order valence-corrected chi connectivity index (χ2v) is 6.38. The fourth-order valence-corrected chi connectivity index (χ4v) is 3.12. The van der Waals surface area contributed by atoms with Crippen LogP contribution in [0.25, 0.3) is 0 Å². The van der Waals surface area contributed by atoms with Crippen molar-refractivity contribution >= 4 is 6.03 Å². The summed E-state index contributed by atoms with van der Waals surface area (Å²) in [5.41, 5.74) is 1.14. The van der Waals surface area contributed by atoms with Crippen LogP contribution in [0.15, 0.2) is 34.9 Å². The van der Waals surface area contributed by atoms with Crippen molar-refractivity contribution in [3.05, 3.63) is 47.6 Å². The van der Waals surface area contributed by atoms with Crippen molar-refractivity contribution in [2.45, 2.75) is 45.3 Å². The highest BCUT2D eigenvalue weighted by Gasteiger charge is 2.31. The monoisotopic (exact) mass is 358 g/mol. The summed E-state index contributed by atoms with van der Waals surface area (Å²) < 4.78 is 11.1. The van der Waals surface area contributed by atoms with Gasteiger partial charge in [-0.05, 0) is 31.7 Å². The molecule has 7 heteroatoms. The fourth-order valence-electron chi connectivity index (χ4n) is 3.12. The van der Waals surface area contributed by atoms with Crippen LogP contribution in [-0.2, 0) is 17.8 Å². The Morgan fingerprint density at radius 1 is 1.35 bits per heavy atom. The van der Waals surface area contributed by atoms with Gasteiger partial charge in [0, 0.05) is 19.5 Å². The number of carbonyl (C=O) groups excluding carboxylic acids is 1. The van der Waals surface area contributed by atoms with Crippen LogP contribution in [0, 0.1) is 0 Å². The van der Waals surface area contributed by atoms with Gasteiger partial charge in [0.25, 0.3) is 0 Å². The van der Waals surface area contributed by atoms with Gasteiger partial charge in [-0.1, -0.05) is 35.5 Å². The van der Waals surface area contributed by atoms with Gasteiger partial charge in [0.1, 0.15) is 6.04 Å². The summed E-state index contributed by atoms with van der Waals surface area (Å²) in [4.78, 5) is 18.5. The number of hydrogen-bond donors (Lipinski definition) is 1. The largest absolute Gasteiger partial charge is 0.376 e. The van der Waals surface area contributed by atoms with Gasteiger partial charge in [-0.15, -0.1) is 0 Å². The molecule has 1 aliphatic rings. The van der Waals surface area contributed by atoms with E-state index < -0.39 is 0 Å². The topological polar surface area (TPSA) is 80.5 Å². The standard InChI is InChI=1S/C19H26N4O3/c1-2-20-19(24)23-12-7-6-10-16(23)18-21-17(22-26-18)11-13-25-14-15-8-4-3-5-9-15/h3-5,8-9,16H,2,6-7,10-14H2,1H3,(H,20,24). The lowest BCUT2D eigenvalue weighted by Crippen LogP contribution is -2.44. The Bertz CT molecular complexity index is 689. The van der Waals surface area contributed by atoms with E-state index in [1.165, 1.54) is 0 Å². The minimum atomic E-state index is -0.137. The van der Waals surface area contributed by atoms with Crippen molar-refractivity contribution in [2.24, 2.45) is 0 Å². The predicted octanol–water partition coefficient (Wildman–Crippen LogP) is 3.09. The molecule has 1 N–H and O–H groups in total. The van der Waals surface area contributed by atoms with Gasteiger partial charge in [-0.3, -0.25) is 0 Å². The molecule has 1 saturated heterocycles. The van der Waals surface area contributed by atoms with E-state index in [1.807, 2.05) is 37.3 Å². The number of hydrogen-bond acceptors (Lipinski definition) is 5. The van der Waals surface area contributed by atoms with Gasteiger partial charge in [-0.2, -0.15) is 4.98 Å². The second-order valence-electron chi connectivity index (χ2n) is 6.38. The van der Waals surface area contributed by atoms with Gasteiger partial charge >= 0.3 is 6.03 Å². The first-order valence-corrected chi connectivity index (χ1v) is 9.26. The highest BCUT2D eigenvalue weighted by atomic mass is 16.5. The molecule has 1 unspecified atom stereocenters. The molecule has 0 spiro atoms. The Kier molecular flexibility index (Phi) is 6.60. The number of aromatic nitrogens is 2. The van der Waals surface area contributed by atoms with Crippen molar-refractivity contribution < 1.29 is 14.1 Å². The SMILES string of the molecule is CCNC(=O)N1CCCCC1c1nc(CCOCc2ccccc2)no1. The van der Waals surface area contributed by atoms with E-state index in [0.29, 0.717) is 44.4 Å². The molecule has 140 valence electrons. The number of nitrogens with zero attached hydrogens (tertiary/aromatic N) is 3. The maximum atomic E-state index is 12.2. The van der Waals surface area contributed by atoms with Gasteiger partial charge in [0.2, 0.25) is 5.89 Å². The summed E-state index contributed by atoms with van der Waals surface area (Å²) in [6.45, 7) is 4.33. The summed E-state index contributed by atoms with van der Waals surface area (Å²) in [6.07, 6.45) is 3.49. The summed E-state index contributed by atoms with van der Waals surface area (Å²) >= 11 is 0. The quantitative estimate of drug-likeness (QED) is 0.769. The number of urea groups is 1. The van der Waals surface area contributed by atoms with E-state index in [9.17, 15) is 4.79 Å². The first-order valence-electron chi connectivity index (χ1n) is 9.26. The van der Waals surface area contributed by atoms with Crippen LogP contribution in [0.3, 0.4) is 0 Å². The van der Waals surface area contributed by atoms with Crippen molar-refractivity contribution in [2.75, 3.05) is 19.7 Å². The van der Waals surface area contributed by atoms with Crippen LogP contribution in [-0.4, -0.2) is 40.8 Å². The minimum absolute atomic E-state index is 0.0665. The first kappa shape index (κ1) is 18.4. The molecule has 1 atom stereocenters. The highest BCUT2D eigenvalue weighted by molar-refractivity contribution is 5.74. The Balaban J connectivity index is 1.52. The smallest absolute Gasteiger partial charge is 0.318 e. The van der Waals surface area contributed by atoms with Crippen molar-refractivity contribution in [3.8, 4) is 0 Å². The lowest BCUT2D eigenvalue weighted by atomic mass is 10.0. The molecule has 0 bridgehead atoms. The van der Waals surface area contributed by atoms with Crippen molar-refractivity contribution in [3.63, 3.8) is 0 Å². The molecule has 2 aromatic rings. The fraction of sp³-hybridized carbons (Fsp3) is 0.526. The van der Waals surface area contributed by atoms with Crippen LogP contribution >= 0.6 is 0 Å². The zero-order valence-electron chi connectivity index (χ0n) is 15.2. The maximum absolute atomic E-state index is 12.2. The summed E-state index contributed by atoms with van der Waals surface area (Å²) in [5.74, 6) is 1.14. The Morgan fingerprint density at radius 2 is 2.19 bits per heavy atom. The van der Waals surface area contributed by atoms with Gasteiger partial charge in [0.15, 0.2) is 5.82 Å². The lowest BCUT2D eigenvalue weighted by molar-refractivity contribution is 0.122. The van der Waals surface area contributed by atoms with Crippen LogP contribution in [0.4, 0.5) is 4.79 Å². The van der Waals surface area contributed by atoms with E-state index in [0.717, 1.165) is 24.8 Å². The molecule has 3 rings (SSSR count). The molecule has 0 aliphatic carbocycles. The number of rotatable bonds is 7. The van der Waals surface area contributed by atoms with Crippen molar-refractivity contribution in [1.29, 1.82) is 0 Å². The van der Waals surface area contributed by atoms with E-state index in [2.05, 4.69) is 15.5 Å². The van der Waals surface area contributed by atoms with Gasteiger partial charge in [0.05, 0.1) is 13.2 Å². The van der Waals surface area contributed by atoms with E-state index in [-0.39, 0.29) is 12.1 Å². The van der Waals surface area contributed by atoms with E-state index in [4.69, 9.17) is 9.26 Å². The number of benzene rings is 1. The van der Waals surface area contributed by atoms with E-state index in [1.54, 1.807) is 4.90 Å². The Morgan fingerprint density at radius 3 is 3.00 bits per heavy atom. The number of piperidine rings is 1. The minimum Gasteiger partial charge on any atom is -0.376 e. The molecule has 7 nitrogen and oxygen atoms in total. The number of ether oxygens (including phenoxy) is 1.